The lowest BCUT2D eigenvalue weighted by Crippen LogP contribution is -2.50. The Balaban J connectivity index is 2.71. The van der Waals surface area contributed by atoms with E-state index < -0.39 is 29.3 Å². The van der Waals surface area contributed by atoms with Gasteiger partial charge in [0.1, 0.15) is 5.54 Å². The summed E-state index contributed by atoms with van der Waals surface area (Å²) in [6.07, 6.45) is 0.642. The van der Waals surface area contributed by atoms with Crippen molar-refractivity contribution in [2.45, 2.75) is 25.3 Å². The largest absolute Gasteiger partial charge is 0.481 e. The molecule has 1 aliphatic rings. The van der Waals surface area contributed by atoms with Gasteiger partial charge in [0.15, 0.2) is 0 Å². The van der Waals surface area contributed by atoms with Crippen molar-refractivity contribution in [1.29, 1.82) is 0 Å². The third kappa shape index (κ3) is 1.51. The van der Waals surface area contributed by atoms with Crippen LogP contribution in [0.2, 0.25) is 0 Å². The third-order valence-corrected chi connectivity index (χ3v) is 2.75. The summed E-state index contributed by atoms with van der Waals surface area (Å²) in [7, 11) is 0. The number of rotatable bonds is 4. The quantitative estimate of drug-likeness (QED) is 0.570. The van der Waals surface area contributed by atoms with Gasteiger partial charge >= 0.3 is 11.9 Å². The number of carbonyl (C=O) groups is 2. The first-order valence-corrected chi connectivity index (χ1v) is 4.18. The van der Waals surface area contributed by atoms with E-state index in [4.69, 9.17) is 15.9 Å². The van der Waals surface area contributed by atoms with Crippen LogP contribution in [0.5, 0.6) is 0 Å². The molecule has 0 aromatic rings. The Bertz CT molecular complexity index is 253. The molecule has 1 unspecified atom stereocenters. The van der Waals surface area contributed by atoms with Gasteiger partial charge in [-0.1, -0.05) is 6.92 Å². The van der Waals surface area contributed by atoms with Gasteiger partial charge in [-0.3, -0.25) is 9.59 Å². The Hall–Kier alpha value is -1.10. The average Bonchev–Trinajstić information content (AvgIpc) is 2.81. The van der Waals surface area contributed by atoms with Crippen LogP contribution in [0.4, 0.5) is 0 Å². The van der Waals surface area contributed by atoms with Gasteiger partial charge in [-0.25, -0.2) is 0 Å². The number of aliphatic carboxylic acids is 2. The molecule has 0 aliphatic heterocycles. The topological polar surface area (TPSA) is 101 Å². The van der Waals surface area contributed by atoms with Crippen molar-refractivity contribution in [1.82, 2.24) is 0 Å². The number of carboxylic acid groups (broad SMARTS) is 2. The SMILES string of the molecule is CCC(N)(C(=O)O)[C@H]1C[C@@H]1C(=O)O. The van der Waals surface area contributed by atoms with E-state index in [9.17, 15) is 9.59 Å². The average molecular weight is 187 g/mol. The van der Waals surface area contributed by atoms with Crippen molar-refractivity contribution in [3.8, 4) is 0 Å². The van der Waals surface area contributed by atoms with Gasteiger partial charge in [0.25, 0.3) is 0 Å². The van der Waals surface area contributed by atoms with Crippen LogP contribution in [0, 0.1) is 11.8 Å². The van der Waals surface area contributed by atoms with Crippen molar-refractivity contribution in [2.75, 3.05) is 0 Å². The van der Waals surface area contributed by atoms with Crippen LogP contribution >= 0.6 is 0 Å². The molecular formula is C8H13NO4. The zero-order valence-electron chi connectivity index (χ0n) is 7.36. The summed E-state index contributed by atoms with van der Waals surface area (Å²) in [4.78, 5) is 21.3. The summed E-state index contributed by atoms with van der Waals surface area (Å²) in [5.74, 6) is -3.04. The second kappa shape index (κ2) is 2.99. The lowest BCUT2D eigenvalue weighted by Gasteiger charge is -2.22. The van der Waals surface area contributed by atoms with Gasteiger partial charge < -0.3 is 15.9 Å². The van der Waals surface area contributed by atoms with E-state index in [0.29, 0.717) is 6.42 Å². The van der Waals surface area contributed by atoms with Crippen molar-refractivity contribution in [3.63, 3.8) is 0 Å². The van der Waals surface area contributed by atoms with Crippen LogP contribution in [-0.2, 0) is 9.59 Å². The number of carboxylic acids is 2. The zero-order chi connectivity index (χ0) is 10.2. The van der Waals surface area contributed by atoms with Crippen molar-refractivity contribution in [2.24, 2.45) is 17.6 Å². The molecule has 1 rings (SSSR count). The minimum atomic E-state index is -1.36. The second-order valence-electron chi connectivity index (χ2n) is 3.49. The minimum absolute atomic E-state index is 0.261. The fourth-order valence-electron chi connectivity index (χ4n) is 1.61. The molecule has 13 heavy (non-hydrogen) atoms. The summed E-state index contributed by atoms with van der Waals surface area (Å²) in [6, 6.07) is 0. The second-order valence-corrected chi connectivity index (χ2v) is 3.49. The fourth-order valence-corrected chi connectivity index (χ4v) is 1.61. The fraction of sp³-hybridized carbons (Fsp3) is 0.750. The van der Waals surface area contributed by atoms with E-state index >= 15 is 0 Å². The van der Waals surface area contributed by atoms with Crippen LogP contribution in [-0.4, -0.2) is 27.7 Å². The molecule has 0 amide bonds. The van der Waals surface area contributed by atoms with E-state index in [0.717, 1.165) is 0 Å². The predicted octanol–water partition coefficient (Wildman–Crippen LogP) is -0.101. The Labute approximate surface area is 75.5 Å². The Morgan fingerprint density at radius 3 is 2.31 bits per heavy atom. The van der Waals surface area contributed by atoms with Crippen LogP contribution in [0.15, 0.2) is 0 Å². The van der Waals surface area contributed by atoms with Crippen LogP contribution in [0.1, 0.15) is 19.8 Å². The molecule has 5 nitrogen and oxygen atoms in total. The molecule has 4 N–H and O–H groups in total. The van der Waals surface area contributed by atoms with Gasteiger partial charge in [-0.05, 0) is 12.8 Å². The third-order valence-electron chi connectivity index (χ3n) is 2.75. The maximum absolute atomic E-state index is 10.8. The monoisotopic (exact) mass is 187 g/mol. The van der Waals surface area contributed by atoms with Crippen LogP contribution in [0.25, 0.3) is 0 Å². The first-order chi connectivity index (χ1) is 5.93. The van der Waals surface area contributed by atoms with Crippen molar-refractivity contribution in [3.05, 3.63) is 0 Å². The molecule has 5 heteroatoms. The van der Waals surface area contributed by atoms with Gasteiger partial charge in [-0.2, -0.15) is 0 Å². The van der Waals surface area contributed by atoms with Gasteiger partial charge in [-0.15, -0.1) is 0 Å². The Morgan fingerprint density at radius 1 is 1.54 bits per heavy atom. The van der Waals surface area contributed by atoms with E-state index in [2.05, 4.69) is 0 Å². The highest BCUT2D eigenvalue weighted by Gasteiger charge is 2.57. The molecule has 0 heterocycles. The number of nitrogens with two attached hydrogens (primary N) is 1. The maximum atomic E-state index is 10.8. The maximum Gasteiger partial charge on any atom is 0.323 e. The predicted molar refractivity (Wildman–Crippen MR) is 44.1 cm³/mol. The summed E-state index contributed by atoms with van der Waals surface area (Å²) in [5.41, 5.74) is 4.25. The van der Waals surface area contributed by atoms with Crippen molar-refractivity contribution >= 4 is 11.9 Å². The van der Waals surface area contributed by atoms with Gasteiger partial charge in [0.2, 0.25) is 0 Å². The standard InChI is InChI=1S/C8H13NO4/c1-2-8(9,7(12)13)5-3-4(5)6(10)11/h4-5H,2-3,9H2,1H3,(H,10,11)(H,12,13)/t4-,5-,8?/m0/s1. The molecule has 74 valence electrons. The smallest absolute Gasteiger partial charge is 0.323 e. The highest BCUT2D eigenvalue weighted by Crippen LogP contribution is 2.46. The van der Waals surface area contributed by atoms with Crippen LogP contribution in [0.3, 0.4) is 0 Å². The molecule has 1 saturated carbocycles. The van der Waals surface area contributed by atoms with Gasteiger partial charge in [0.05, 0.1) is 5.92 Å². The Kier molecular flexibility index (Phi) is 2.30. The van der Waals surface area contributed by atoms with E-state index in [1.165, 1.54) is 0 Å². The van der Waals surface area contributed by atoms with E-state index in [-0.39, 0.29) is 6.42 Å². The molecule has 0 spiro atoms. The number of hydrogen-bond acceptors (Lipinski definition) is 3. The summed E-state index contributed by atoms with van der Waals surface area (Å²) >= 11 is 0. The van der Waals surface area contributed by atoms with Gasteiger partial charge in [0, 0.05) is 5.92 Å². The molecule has 3 atom stereocenters. The van der Waals surface area contributed by atoms with E-state index in [1.807, 2.05) is 0 Å². The highest BCUT2D eigenvalue weighted by atomic mass is 16.4. The molecule has 1 fully saturated rings. The minimum Gasteiger partial charge on any atom is -0.481 e. The molecular weight excluding hydrogens is 174 g/mol. The van der Waals surface area contributed by atoms with Crippen LogP contribution < -0.4 is 5.73 Å². The zero-order valence-corrected chi connectivity index (χ0v) is 7.36. The molecule has 0 saturated heterocycles. The lowest BCUT2D eigenvalue weighted by atomic mass is 9.90. The Morgan fingerprint density at radius 2 is 2.08 bits per heavy atom. The summed E-state index contributed by atoms with van der Waals surface area (Å²) in [6.45, 7) is 1.66. The lowest BCUT2D eigenvalue weighted by molar-refractivity contribution is -0.145. The van der Waals surface area contributed by atoms with Crippen molar-refractivity contribution < 1.29 is 19.8 Å². The normalized spacial score (nSPS) is 30.6. The molecule has 0 aromatic carbocycles. The highest BCUT2D eigenvalue weighted by molar-refractivity contribution is 5.83. The number of hydrogen-bond donors (Lipinski definition) is 3. The van der Waals surface area contributed by atoms with E-state index in [1.54, 1.807) is 6.92 Å². The first-order valence-electron chi connectivity index (χ1n) is 4.18. The summed E-state index contributed by atoms with van der Waals surface area (Å²) < 4.78 is 0. The molecule has 0 aromatic heterocycles. The first kappa shape index (κ1) is 9.98. The molecule has 0 radical (unpaired) electrons. The summed E-state index contributed by atoms with van der Waals surface area (Å²) in [5, 5.41) is 17.4. The molecule has 0 bridgehead atoms. The molecule has 1 aliphatic carbocycles.